The Morgan fingerprint density at radius 1 is 1.30 bits per heavy atom. The summed E-state index contributed by atoms with van der Waals surface area (Å²) in [6.45, 7) is 0.988. The maximum absolute atomic E-state index is 14.4. The lowest BCUT2D eigenvalue weighted by atomic mass is 10.0. The van der Waals surface area contributed by atoms with Crippen LogP contribution in [0.2, 0.25) is 0 Å². The first-order valence-electron chi connectivity index (χ1n) is 9.78. The zero-order valence-electron chi connectivity index (χ0n) is 16.2. The summed E-state index contributed by atoms with van der Waals surface area (Å²) in [5, 5.41) is 18.3. The molecular formula is C20H22F2N6O2. The fraction of sp³-hybridized carbons (Fsp3) is 0.350. The van der Waals surface area contributed by atoms with Gasteiger partial charge in [0.2, 0.25) is 0 Å². The molecule has 0 spiro atoms. The van der Waals surface area contributed by atoms with Gasteiger partial charge in [-0.3, -0.25) is 0 Å². The second-order valence-electron chi connectivity index (χ2n) is 7.09. The Bertz CT molecular complexity index is 1060. The minimum absolute atomic E-state index is 0.00911. The summed E-state index contributed by atoms with van der Waals surface area (Å²) in [6, 6.07) is 4.51. The van der Waals surface area contributed by atoms with Crippen molar-refractivity contribution in [1.82, 2.24) is 19.9 Å². The lowest BCUT2D eigenvalue weighted by Gasteiger charge is -2.26. The predicted molar refractivity (Wildman–Crippen MR) is 107 cm³/mol. The van der Waals surface area contributed by atoms with Gasteiger partial charge in [0.15, 0.2) is 5.65 Å². The number of carbonyl (C=O) groups excluding carboxylic acids is 1. The van der Waals surface area contributed by atoms with E-state index in [4.69, 9.17) is 5.11 Å². The normalized spacial score (nSPS) is 16.2. The van der Waals surface area contributed by atoms with Gasteiger partial charge < -0.3 is 20.6 Å². The fourth-order valence-corrected chi connectivity index (χ4v) is 3.69. The maximum Gasteiger partial charge on any atom is 0.319 e. The first-order valence-corrected chi connectivity index (χ1v) is 9.78. The Balaban J connectivity index is 1.59. The quantitative estimate of drug-likeness (QED) is 0.537. The number of hydrogen-bond donors (Lipinski definition) is 3. The number of carbonyl (C=O) groups is 1. The molecular weight excluding hydrogens is 394 g/mol. The molecule has 1 aromatic carbocycles. The van der Waals surface area contributed by atoms with E-state index in [0.29, 0.717) is 48.6 Å². The Morgan fingerprint density at radius 3 is 3.00 bits per heavy atom. The largest absolute Gasteiger partial charge is 0.396 e. The van der Waals surface area contributed by atoms with Crippen molar-refractivity contribution in [3.8, 4) is 0 Å². The fourth-order valence-electron chi connectivity index (χ4n) is 3.69. The Hall–Kier alpha value is -3.27. The van der Waals surface area contributed by atoms with Crippen LogP contribution in [0.3, 0.4) is 0 Å². The van der Waals surface area contributed by atoms with Gasteiger partial charge in [-0.1, -0.05) is 0 Å². The molecule has 3 aromatic rings. The van der Waals surface area contributed by atoms with E-state index in [9.17, 15) is 13.6 Å². The van der Waals surface area contributed by atoms with Crippen LogP contribution in [-0.2, 0) is 0 Å². The zero-order chi connectivity index (χ0) is 21.1. The summed E-state index contributed by atoms with van der Waals surface area (Å²) in [6.07, 6.45) is 5.17. The second kappa shape index (κ2) is 8.62. The molecule has 2 aromatic heterocycles. The van der Waals surface area contributed by atoms with E-state index in [1.165, 1.54) is 16.8 Å². The number of fused-ring (bicyclic) bond motifs is 1. The minimum atomic E-state index is -0.476. The average Bonchev–Trinajstić information content (AvgIpc) is 3.37. The SMILES string of the molecule is O=C(NCCCO)Nc1cnn2ccc(N3CCCC3c3cc(F)ccc3F)nc12. The number of nitrogens with zero attached hydrogens (tertiary/aromatic N) is 4. The molecule has 158 valence electrons. The van der Waals surface area contributed by atoms with E-state index < -0.39 is 17.7 Å². The van der Waals surface area contributed by atoms with E-state index in [-0.39, 0.29) is 12.6 Å². The van der Waals surface area contributed by atoms with Crippen molar-refractivity contribution in [2.45, 2.75) is 25.3 Å². The van der Waals surface area contributed by atoms with E-state index in [2.05, 4.69) is 20.7 Å². The van der Waals surface area contributed by atoms with Crippen molar-refractivity contribution in [2.24, 2.45) is 0 Å². The minimum Gasteiger partial charge on any atom is -0.396 e. The highest BCUT2D eigenvalue weighted by Gasteiger charge is 2.30. The van der Waals surface area contributed by atoms with Crippen LogP contribution in [0.15, 0.2) is 36.7 Å². The topological polar surface area (TPSA) is 94.8 Å². The monoisotopic (exact) mass is 416 g/mol. The molecule has 3 heterocycles. The molecule has 0 saturated carbocycles. The van der Waals surface area contributed by atoms with Gasteiger partial charge in [-0.25, -0.2) is 23.1 Å². The van der Waals surface area contributed by atoms with Crippen LogP contribution < -0.4 is 15.5 Å². The third-order valence-corrected chi connectivity index (χ3v) is 5.09. The molecule has 0 aliphatic carbocycles. The first kappa shape index (κ1) is 20.0. The second-order valence-corrected chi connectivity index (χ2v) is 7.09. The third-order valence-electron chi connectivity index (χ3n) is 5.09. The lowest BCUT2D eigenvalue weighted by Crippen LogP contribution is -2.30. The maximum atomic E-state index is 14.4. The summed E-state index contributed by atoms with van der Waals surface area (Å²) in [5.74, 6) is -0.324. The number of aliphatic hydroxyl groups excluding tert-OH is 1. The smallest absolute Gasteiger partial charge is 0.319 e. The summed E-state index contributed by atoms with van der Waals surface area (Å²) >= 11 is 0. The number of aromatic nitrogens is 3. The predicted octanol–water partition coefficient (Wildman–Crippen LogP) is 2.85. The average molecular weight is 416 g/mol. The van der Waals surface area contributed by atoms with Crippen LogP contribution in [0.25, 0.3) is 5.65 Å². The number of aliphatic hydroxyl groups is 1. The number of rotatable bonds is 6. The molecule has 1 unspecified atom stereocenters. The number of nitrogens with one attached hydrogen (secondary N) is 2. The molecule has 1 fully saturated rings. The van der Waals surface area contributed by atoms with Crippen LogP contribution in [0.4, 0.5) is 25.1 Å². The highest BCUT2D eigenvalue weighted by atomic mass is 19.1. The summed E-state index contributed by atoms with van der Waals surface area (Å²) in [7, 11) is 0. The number of amides is 2. The van der Waals surface area contributed by atoms with Crippen LogP contribution in [-0.4, -0.2) is 45.4 Å². The van der Waals surface area contributed by atoms with Crippen LogP contribution in [0, 0.1) is 11.6 Å². The highest BCUT2D eigenvalue weighted by Crippen LogP contribution is 2.37. The van der Waals surface area contributed by atoms with E-state index >= 15 is 0 Å². The standard InChI is InChI=1S/C20H22F2N6O2/c21-13-4-5-15(22)14(11-13)17-3-1-8-27(17)18-6-9-28-19(26-18)16(12-24-28)25-20(30)23-7-2-10-29/h4-6,9,11-12,17,29H,1-3,7-8,10H2,(H2,23,25,30). The number of halogens is 2. The van der Waals surface area contributed by atoms with E-state index in [0.717, 1.165) is 18.6 Å². The van der Waals surface area contributed by atoms with Crippen molar-refractivity contribution >= 4 is 23.2 Å². The van der Waals surface area contributed by atoms with Crippen molar-refractivity contribution in [1.29, 1.82) is 0 Å². The van der Waals surface area contributed by atoms with Gasteiger partial charge in [0.25, 0.3) is 0 Å². The van der Waals surface area contributed by atoms with Crippen molar-refractivity contribution in [3.05, 3.63) is 53.9 Å². The molecule has 1 saturated heterocycles. The Morgan fingerprint density at radius 2 is 2.17 bits per heavy atom. The lowest BCUT2D eigenvalue weighted by molar-refractivity contribution is 0.249. The molecule has 30 heavy (non-hydrogen) atoms. The van der Waals surface area contributed by atoms with Gasteiger partial charge in [-0.15, -0.1) is 0 Å². The van der Waals surface area contributed by atoms with Crippen LogP contribution in [0.5, 0.6) is 0 Å². The Labute approximate surface area is 171 Å². The Kier molecular flexibility index (Phi) is 5.75. The highest BCUT2D eigenvalue weighted by molar-refractivity contribution is 5.93. The molecule has 1 atom stereocenters. The molecule has 2 amide bonds. The van der Waals surface area contributed by atoms with Gasteiger partial charge in [0, 0.05) is 31.5 Å². The number of anilines is 2. The van der Waals surface area contributed by atoms with Gasteiger partial charge in [-0.2, -0.15) is 5.10 Å². The summed E-state index contributed by atoms with van der Waals surface area (Å²) in [5.41, 5.74) is 1.17. The molecule has 0 radical (unpaired) electrons. The first-order chi connectivity index (χ1) is 14.6. The van der Waals surface area contributed by atoms with E-state index in [1.54, 1.807) is 12.3 Å². The number of hydrogen-bond acceptors (Lipinski definition) is 5. The third kappa shape index (κ3) is 4.04. The van der Waals surface area contributed by atoms with Crippen molar-refractivity contribution in [2.75, 3.05) is 29.9 Å². The molecule has 8 nitrogen and oxygen atoms in total. The molecule has 0 bridgehead atoms. The molecule has 1 aliphatic heterocycles. The van der Waals surface area contributed by atoms with Gasteiger partial charge in [-0.05, 0) is 43.5 Å². The summed E-state index contributed by atoms with van der Waals surface area (Å²) in [4.78, 5) is 18.6. The van der Waals surface area contributed by atoms with E-state index in [1.807, 2.05) is 4.90 Å². The van der Waals surface area contributed by atoms with Crippen LogP contribution in [0.1, 0.15) is 30.9 Å². The van der Waals surface area contributed by atoms with Crippen molar-refractivity contribution in [3.63, 3.8) is 0 Å². The van der Waals surface area contributed by atoms with Gasteiger partial charge in [0.05, 0.1) is 12.2 Å². The molecule has 10 heteroatoms. The van der Waals surface area contributed by atoms with Gasteiger partial charge >= 0.3 is 6.03 Å². The number of benzene rings is 1. The molecule has 3 N–H and O–H groups in total. The molecule has 4 rings (SSSR count). The number of urea groups is 1. The summed E-state index contributed by atoms with van der Waals surface area (Å²) < 4.78 is 29.6. The molecule has 1 aliphatic rings. The van der Waals surface area contributed by atoms with Crippen LogP contribution >= 0.6 is 0 Å². The van der Waals surface area contributed by atoms with Gasteiger partial charge in [0.1, 0.15) is 23.1 Å². The zero-order valence-corrected chi connectivity index (χ0v) is 16.2. The van der Waals surface area contributed by atoms with Crippen molar-refractivity contribution < 1.29 is 18.7 Å².